The third-order valence-corrected chi connectivity index (χ3v) is 6.44. The maximum absolute atomic E-state index is 12.5. The Morgan fingerprint density at radius 3 is 2.65 bits per heavy atom. The van der Waals surface area contributed by atoms with E-state index in [9.17, 15) is 4.79 Å². The Morgan fingerprint density at radius 1 is 1.03 bits per heavy atom. The average Bonchev–Trinajstić information content (AvgIpc) is 3.43. The fourth-order valence-corrected chi connectivity index (χ4v) is 4.81. The number of carbonyl (C=O) groups is 1. The summed E-state index contributed by atoms with van der Waals surface area (Å²) in [5, 5.41) is 8.52. The number of nitrogens with zero attached hydrogens (tertiary/aromatic N) is 2. The lowest BCUT2D eigenvalue weighted by atomic mass is 10.1. The van der Waals surface area contributed by atoms with Crippen LogP contribution in [0.3, 0.4) is 0 Å². The van der Waals surface area contributed by atoms with E-state index < -0.39 is 0 Å². The van der Waals surface area contributed by atoms with Crippen molar-refractivity contribution in [3.05, 3.63) is 63.9 Å². The molecule has 2 heterocycles. The summed E-state index contributed by atoms with van der Waals surface area (Å²) in [5.41, 5.74) is 3.09. The van der Waals surface area contributed by atoms with Gasteiger partial charge in [-0.3, -0.25) is 4.79 Å². The second kappa shape index (κ2) is 9.47. The number of benzene rings is 2. The summed E-state index contributed by atoms with van der Waals surface area (Å²) in [7, 11) is 3.20. The van der Waals surface area contributed by atoms with Gasteiger partial charge < -0.3 is 14.8 Å². The third kappa shape index (κ3) is 4.87. The Hall–Kier alpha value is -2.94. The largest absolute Gasteiger partial charge is 0.497 e. The molecule has 4 rings (SSSR count). The second-order valence-electron chi connectivity index (χ2n) is 6.45. The summed E-state index contributed by atoms with van der Waals surface area (Å²) in [6.45, 7) is 0. The normalized spacial score (nSPS) is 10.7. The highest BCUT2D eigenvalue weighted by Crippen LogP contribution is 2.35. The predicted molar refractivity (Wildman–Crippen MR) is 126 cm³/mol. The number of hydrogen-bond acceptors (Lipinski definition) is 7. The van der Waals surface area contributed by atoms with Gasteiger partial charge in [0.05, 0.1) is 37.1 Å². The van der Waals surface area contributed by atoms with Gasteiger partial charge in [0.2, 0.25) is 5.91 Å². The molecule has 0 saturated heterocycles. The van der Waals surface area contributed by atoms with Gasteiger partial charge in [0.1, 0.15) is 16.5 Å². The van der Waals surface area contributed by atoms with Crippen LogP contribution in [0.5, 0.6) is 11.5 Å². The first-order valence-electron chi connectivity index (χ1n) is 9.24. The zero-order chi connectivity index (χ0) is 21.8. The van der Waals surface area contributed by atoms with E-state index in [2.05, 4.69) is 15.3 Å². The van der Waals surface area contributed by atoms with Crippen molar-refractivity contribution in [2.45, 2.75) is 6.42 Å². The number of aromatic nitrogens is 2. The standard InChI is InChI=1S/C22H18ClN3O3S2/c1-28-14-7-8-16(19(10-14)29-2)18-12-31-22(25-18)26-20(27)9-13-11-30-21(24-13)15-5-3-4-6-17(15)23/h3-8,10-12H,9H2,1-2H3,(H,25,26,27). The molecule has 31 heavy (non-hydrogen) atoms. The van der Waals surface area contributed by atoms with Gasteiger partial charge in [-0.15, -0.1) is 22.7 Å². The van der Waals surface area contributed by atoms with Gasteiger partial charge >= 0.3 is 0 Å². The highest BCUT2D eigenvalue weighted by atomic mass is 35.5. The number of anilines is 1. The number of ether oxygens (including phenoxy) is 2. The minimum atomic E-state index is -0.182. The van der Waals surface area contributed by atoms with Crippen LogP contribution in [-0.2, 0) is 11.2 Å². The van der Waals surface area contributed by atoms with Gasteiger partial charge in [-0.1, -0.05) is 29.8 Å². The molecule has 2 aromatic heterocycles. The van der Waals surface area contributed by atoms with Crippen molar-refractivity contribution in [2.24, 2.45) is 0 Å². The van der Waals surface area contributed by atoms with Gasteiger partial charge in [-0.25, -0.2) is 9.97 Å². The first kappa shape index (κ1) is 21.3. The average molecular weight is 472 g/mol. The number of nitrogens with one attached hydrogen (secondary N) is 1. The lowest BCUT2D eigenvalue weighted by Crippen LogP contribution is -2.14. The Balaban J connectivity index is 1.44. The van der Waals surface area contributed by atoms with Crippen LogP contribution in [0.15, 0.2) is 53.2 Å². The summed E-state index contributed by atoms with van der Waals surface area (Å²) in [4.78, 5) is 21.6. The molecule has 0 aliphatic rings. The molecule has 158 valence electrons. The maximum atomic E-state index is 12.5. The molecule has 6 nitrogen and oxygen atoms in total. The molecule has 9 heteroatoms. The Bertz CT molecular complexity index is 1220. The quantitative estimate of drug-likeness (QED) is 0.369. The summed E-state index contributed by atoms with van der Waals surface area (Å²) in [6.07, 6.45) is 0.154. The molecule has 0 fully saturated rings. The highest BCUT2D eigenvalue weighted by molar-refractivity contribution is 7.14. The Labute approximate surface area is 192 Å². The van der Waals surface area contributed by atoms with Crippen molar-refractivity contribution < 1.29 is 14.3 Å². The molecule has 1 amide bonds. The van der Waals surface area contributed by atoms with Gasteiger partial charge in [0, 0.05) is 28.0 Å². The van der Waals surface area contributed by atoms with E-state index in [4.69, 9.17) is 21.1 Å². The minimum Gasteiger partial charge on any atom is -0.497 e. The fraction of sp³-hybridized carbons (Fsp3) is 0.136. The summed E-state index contributed by atoms with van der Waals surface area (Å²) in [6, 6.07) is 13.0. The molecule has 4 aromatic rings. The number of methoxy groups -OCH3 is 2. The van der Waals surface area contributed by atoms with Crippen molar-refractivity contribution >= 4 is 45.3 Å². The van der Waals surface area contributed by atoms with E-state index in [0.717, 1.165) is 21.8 Å². The zero-order valence-corrected chi connectivity index (χ0v) is 19.1. The van der Waals surface area contributed by atoms with Crippen molar-refractivity contribution in [3.63, 3.8) is 0 Å². The first-order valence-corrected chi connectivity index (χ1v) is 11.4. The molecular weight excluding hydrogens is 454 g/mol. The SMILES string of the molecule is COc1ccc(-c2csc(NC(=O)Cc3csc(-c4ccccc4Cl)n3)n2)c(OC)c1. The van der Waals surface area contributed by atoms with Gasteiger partial charge in [-0.2, -0.15) is 0 Å². The molecule has 0 saturated carbocycles. The molecule has 0 bridgehead atoms. The molecule has 0 spiro atoms. The Morgan fingerprint density at radius 2 is 1.87 bits per heavy atom. The van der Waals surface area contributed by atoms with Crippen LogP contribution >= 0.6 is 34.3 Å². The monoisotopic (exact) mass is 471 g/mol. The number of thiazole rings is 2. The van der Waals surface area contributed by atoms with Gasteiger partial charge in [0.15, 0.2) is 5.13 Å². The highest BCUT2D eigenvalue weighted by Gasteiger charge is 2.15. The van der Waals surface area contributed by atoms with Crippen LogP contribution in [0.4, 0.5) is 5.13 Å². The van der Waals surface area contributed by atoms with Crippen LogP contribution in [0.2, 0.25) is 5.02 Å². The minimum absolute atomic E-state index is 0.154. The van der Waals surface area contributed by atoms with Crippen LogP contribution in [0.1, 0.15) is 5.69 Å². The lowest BCUT2D eigenvalue weighted by molar-refractivity contribution is -0.115. The summed E-state index contributed by atoms with van der Waals surface area (Å²) >= 11 is 9.05. The number of halogens is 1. The molecule has 0 aliphatic carbocycles. The molecule has 0 atom stereocenters. The van der Waals surface area contributed by atoms with E-state index >= 15 is 0 Å². The number of carbonyl (C=O) groups excluding carboxylic acids is 1. The van der Waals surface area contributed by atoms with Crippen molar-refractivity contribution in [2.75, 3.05) is 19.5 Å². The maximum Gasteiger partial charge on any atom is 0.232 e. The van der Waals surface area contributed by atoms with Crippen molar-refractivity contribution in [3.8, 4) is 33.3 Å². The van der Waals surface area contributed by atoms with Crippen LogP contribution in [0, 0.1) is 0 Å². The van der Waals surface area contributed by atoms with Crippen LogP contribution in [0.25, 0.3) is 21.8 Å². The van der Waals surface area contributed by atoms with E-state index in [1.807, 2.05) is 47.2 Å². The smallest absolute Gasteiger partial charge is 0.232 e. The molecule has 0 radical (unpaired) electrons. The van der Waals surface area contributed by atoms with Crippen LogP contribution in [-0.4, -0.2) is 30.1 Å². The zero-order valence-electron chi connectivity index (χ0n) is 16.7. The molecule has 1 N–H and O–H groups in total. The molecular formula is C22H18ClN3O3S2. The number of hydrogen-bond donors (Lipinski definition) is 1. The number of amides is 1. The van der Waals surface area contributed by atoms with E-state index in [1.165, 1.54) is 22.7 Å². The molecule has 0 aliphatic heterocycles. The third-order valence-electron chi connectivity index (χ3n) is 4.43. The Kier molecular flexibility index (Phi) is 6.50. The van der Waals surface area contributed by atoms with E-state index in [0.29, 0.717) is 27.3 Å². The predicted octanol–water partition coefficient (Wildman–Crippen LogP) is 5.79. The van der Waals surface area contributed by atoms with Crippen molar-refractivity contribution in [1.82, 2.24) is 9.97 Å². The van der Waals surface area contributed by atoms with E-state index in [1.54, 1.807) is 20.3 Å². The second-order valence-corrected chi connectivity index (χ2v) is 8.58. The fourth-order valence-electron chi connectivity index (χ4n) is 2.94. The molecule has 0 unspecified atom stereocenters. The summed E-state index contributed by atoms with van der Waals surface area (Å²) < 4.78 is 10.7. The molecule has 2 aromatic carbocycles. The van der Waals surface area contributed by atoms with Crippen LogP contribution < -0.4 is 14.8 Å². The topological polar surface area (TPSA) is 73.3 Å². The number of rotatable bonds is 7. The summed E-state index contributed by atoms with van der Waals surface area (Å²) in [5.74, 6) is 1.17. The van der Waals surface area contributed by atoms with Crippen molar-refractivity contribution in [1.29, 1.82) is 0 Å². The van der Waals surface area contributed by atoms with E-state index in [-0.39, 0.29) is 12.3 Å². The van der Waals surface area contributed by atoms with Gasteiger partial charge in [-0.05, 0) is 18.2 Å². The van der Waals surface area contributed by atoms with Gasteiger partial charge in [0.25, 0.3) is 0 Å². The first-order chi connectivity index (χ1) is 15.1. The lowest BCUT2D eigenvalue weighted by Gasteiger charge is -2.08.